The summed E-state index contributed by atoms with van der Waals surface area (Å²) < 4.78 is 4.78. The van der Waals surface area contributed by atoms with Crippen molar-refractivity contribution in [3.63, 3.8) is 0 Å². The average Bonchev–Trinajstić information content (AvgIpc) is 2.52. The standard InChI is InChI=1S/C18H16O2/c1-20-14-13-18(19)17-10-6-5-9-16(17)12-11-15-7-3-2-4-8-15/h2-14H,1H3. The molecule has 2 heteroatoms. The molecule has 2 rings (SSSR count). The number of ether oxygens (including phenoxy) is 1. The minimum absolute atomic E-state index is 0.0693. The molecule has 20 heavy (non-hydrogen) atoms. The van der Waals surface area contributed by atoms with Gasteiger partial charge < -0.3 is 4.74 Å². The van der Waals surface area contributed by atoms with Crippen LogP contribution in [0.1, 0.15) is 21.5 Å². The topological polar surface area (TPSA) is 26.3 Å². The molecule has 0 aliphatic rings. The molecule has 0 aromatic heterocycles. The number of carbonyl (C=O) groups is 1. The number of hydrogen-bond acceptors (Lipinski definition) is 2. The van der Waals surface area contributed by atoms with Crippen LogP contribution in [0.5, 0.6) is 0 Å². The van der Waals surface area contributed by atoms with Gasteiger partial charge in [-0.3, -0.25) is 4.79 Å². The SMILES string of the molecule is COC=CC(=O)c1ccccc1C=Cc1ccccc1. The predicted molar refractivity (Wildman–Crippen MR) is 82.3 cm³/mol. The van der Waals surface area contributed by atoms with Crippen molar-refractivity contribution in [2.45, 2.75) is 0 Å². The Labute approximate surface area is 119 Å². The molecule has 0 atom stereocenters. The van der Waals surface area contributed by atoms with E-state index in [-0.39, 0.29) is 5.78 Å². The molecule has 0 saturated heterocycles. The highest BCUT2D eigenvalue weighted by Crippen LogP contribution is 2.14. The van der Waals surface area contributed by atoms with Crippen LogP contribution in [0.15, 0.2) is 66.9 Å². The summed E-state index contributed by atoms with van der Waals surface area (Å²) in [6.45, 7) is 0. The van der Waals surface area contributed by atoms with Crippen LogP contribution in [0.25, 0.3) is 12.2 Å². The lowest BCUT2D eigenvalue weighted by Crippen LogP contribution is -1.97. The number of methoxy groups -OCH3 is 1. The molecule has 0 spiro atoms. The molecule has 0 unspecified atom stereocenters. The van der Waals surface area contributed by atoms with Crippen LogP contribution in [0.3, 0.4) is 0 Å². The Bertz CT molecular complexity index is 625. The van der Waals surface area contributed by atoms with Gasteiger partial charge in [0.25, 0.3) is 0 Å². The van der Waals surface area contributed by atoms with Crippen LogP contribution in [0.4, 0.5) is 0 Å². The van der Waals surface area contributed by atoms with Gasteiger partial charge in [0.2, 0.25) is 0 Å². The Morgan fingerprint density at radius 2 is 1.65 bits per heavy atom. The van der Waals surface area contributed by atoms with E-state index in [0.717, 1.165) is 11.1 Å². The van der Waals surface area contributed by atoms with E-state index < -0.39 is 0 Å². The van der Waals surface area contributed by atoms with Gasteiger partial charge in [0.15, 0.2) is 5.78 Å². The zero-order chi connectivity index (χ0) is 14.2. The van der Waals surface area contributed by atoms with Gasteiger partial charge in [-0.05, 0) is 11.1 Å². The Balaban J connectivity index is 2.26. The van der Waals surface area contributed by atoms with Crippen molar-refractivity contribution < 1.29 is 9.53 Å². The fourth-order valence-electron chi connectivity index (χ4n) is 1.84. The Morgan fingerprint density at radius 3 is 2.40 bits per heavy atom. The first-order valence-electron chi connectivity index (χ1n) is 6.37. The lowest BCUT2D eigenvalue weighted by atomic mass is 10.0. The molecular weight excluding hydrogens is 248 g/mol. The highest BCUT2D eigenvalue weighted by atomic mass is 16.5. The van der Waals surface area contributed by atoms with E-state index >= 15 is 0 Å². The van der Waals surface area contributed by atoms with E-state index in [1.807, 2.05) is 66.7 Å². The first-order chi connectivity index (χ1) is 9.81. The second kappa shape index (κ2) is 7.10. The van der Waals surface area contributed by atoms with Gasteiger partial charge in [-0.1, -0.05) is 66.7 Å². The van der Waals surface area contributed by atoms with Gasteiger partial charge in [0.05, 0.1) is 13.4 Å². The summed E-state index contributed by atoms with van der Waals surface area (Å²) in [6.07, 6.45) is 6.75. The van der Waals surface area contributed by atoms with Crippen molar-refractivity contribution in [3.05, 3.63) is 83.6 Å². The quantitative estimate of drug-likeness (QED) is 0.350. The first-order valence-corrected chi connectivity index (χ1v) is 6.37. The molecule has 100 valence electrons. The van der Waals surface area contributed by atoms with E-state index in [2.05, 4.69) is 0 Å². The molecule has 0 heterocycles. The third-order valence-electron chi connectivity index (χ3n) is 2.84. The zero-order valence-corrected chi connectivity index (χ0v) is 11.3. The lowest BCUT2D eigenvalue weighted by Gasteiger charge is -2.02. The van der Waals surface area contributed by atoms with Gasteiger partial charge in [0, 0.05) is 11.6 Å². The van der Waals surface area contributed by atoms with Gasteiger partial charge >= 0.3 is 0 Å². The molecule has 0 bridgehead atoms. The van der Waals surface area contributed by atoms with Gasteiger partial charge in [0.1, 0.15) is 0 Å². The largest absolute Gasteiger partial charge is 0.504 e. The van der Waals surface area contributed by atoms with E-state index in [0.29, 0.717) is 5.56 Å². The highest BCUT2D eigenvalue weighted by molar-refractivity contribution is 6.07. The Morgan fingerprint density at radius 1 is 0.950 bits per heavy atom. The monoisotopic (exact) mass is 264 g/mol. The smallest absolute Gasteiger partial charge is 0.189 e. The van der Waals surface area contributed by atoms with Crippen molar-refractivity contribution in [1.29, 1.82) is 0 Å². The predicted octanol–water partition coefficient (Wildman–Crippen LogP) is 4.20. The summed E-state index contributed by atoms with van der Waals surface area (Å²) >= 11 is 0. The summed E-state index contributed by atoms with van der Waals surface area (Å²) in [5.41, 5.74) is 2.65. The number of ketones is 1. The van der Waals surface area contributed by atoms with E-state index in [4.69, 9.17) is 4.74 Å². The molecule has 0 radical (unpaired) electrons. The summed E-state index contributed by atoms with van der Waals surface area (Å²) in [6, 6.07) is 17.5. The normalized spacial score (nSPS) is 11.1. The van der Waals surface area contributed by atoms with Crippen LogP contribution in [0, 0.1) is 0 Å². The lowest BCUT2D eigenvalue weighted by molar-refractivity contribution is 0.104. The maximum absolute atomic E-state index is 12.0. The van der Waals surface area contributed by atoms with Crippen molar-refractivity contribution in [1.82, 2.24) is 0 Å². The maximum Gasteiger partial charge on any atom is 0.189 e. The van der Waals surface area contributed by atoms with E-state index in [1.165, 1.54) is 19.4 Å². The molecule has 0 aliphatic heterocycles. The summed E-state index contributed by atoms with van der Waals surface area (Å²) in [7, 11) is 1.52. The fourth-order valence-corrected chi connectivity index (χ4v) is 1.84. The van der Waals surface area contributed by atoms with Crippen LogP contribution in [0.2, 0.25) is 0 Å². The molecule has 0 N–H and O–H groups in total. The van der Waals surface area contributed by atoms with Crippen LogP contribution >= 0.6 is 0 Å². The number of carbonyl (C=O) groups excluding carboxylic acids is 1. The molecule has 0 fully saturated rings. The Hall–Kier alpha value is -2.61. The molecule has 0 aliphatic carbocycles. The second-order valence-corrected chi connectivity index (χ2v) is 4.23. The van der Waals surface area contributed by atoms with Gasteiger partial charge in [-0.25, -0.2) is 0 Å². The Kier molecular flexibility index (Phi) is 4.90. The van der Waals surface area contributed by atoms with E-state index in [9.17, 15) is 4.79 Å². The van der Waals surface area contributed by atoms with Gasteiger partial charge in [-0.2, -0.15) is 0 Å². The number of rotatable bonds is 5. The van der Waals surface area contributed by atoms with Crippen molar-refractivity contribution in [2.24, 2.45) is 0 Å². The molecule has 2 nitrogen and oxygen atoms in total. The summed E-state index contributed by atoms with van der Waals surface area (Å²) in [5, 5.41) is 0. The molecular formula is C18H16O2. The number of hydrogen-bond donors (Lipinski definition) is 0. The second-order valence-electron chi connectivity index (χ2n) is 4.23. The minimum Gasteiger partial charge on any atom is -0.504 e. The number of benzene rings is 2. The first kappa shape index (κ1) is 13.8. The van der Waals surface area contributed by atoms with Crippen molar-refractivity contribution in [3.8, 4) is 0 Å². The van der Waals surface area contributed by atoms with E-state index in [1.54, 1.807) is 0 Å². The van der Waals surface area contributed by atoms with Crippen LogP contribution in [-0.4, -0.2) is 12.9 Å². The summed E-state index contributed by atoms with van der Waals surface area (Å²) in [4.78, 5) is 12.0. The third-order valence-corrected chi connectivity index (χ3v) is 2.84. The highest BCUT2D eigenvalue weighted by Gasteiger charge is 2.05. The van der Waals surface area contributed by atoms with Crippen molar-refractivity contribution >= 4 is 17.9 Å². The summed E-state index contributed by atoms with van der Waals surface area (Å²) in [5.74, 6) is -0.0693. The minimum atomic E-state index is -0.0693. The molecule has 0 saturated carbocycles. The zero-order valence-electron chi connectivity index (χ0n) is 11.3. The molecule has 2 aromatic rings. The van der Waals surface area contributed by atoms with Crippen LogP contribution in [-0.2, 0) is 4.74 Å². The third kappa shape index (κ3) is 3.69. The van der Waals surface area contributed by atoms with Crippen LogP contribution < -0.4 is 0 Å². The number of allylic oxidation sites excluding steroid dienone is 1. The molecule has 0 amide bonds. The maximum atomic E-state index is 12.0. The van der Waals surface area contributed by atoms with Crippen molar-refractivity contribution in [2.75, 3.05) is 7.11 Å². The molecule has 2 aromatic carbocycles. The fraction of sp³-hybridized carbons (Fsp3) is 0.0556. The van der Waals surface area contributed by atoms with Gasteiger partial charge in [-0.15, -0.1) is 0 Å². The average molecular weight is 264 g/mol.